The third kappa shape index (κ3) is 5.45. The summed E-state index contributed by atoms with van der Waals surface area (Å²) in [5.41, 5.74) is 0. The van der Waals surface area contributed by atoms with E-state index in [1.165, 1.54) is 0 Å². The summed E-state index contributed by atoms with van der Waals surface area (Å²) in [5.74, 6) is -2.62. The number of hydrogen-bond acceptors (Lipinski definition) is 2. The minimum absolute atomic E-state index is 0.500. The fourth-order valence-corrected chi connectivity index (χ4v) is 0.769. The minimum Gasteiger partial charge on any atom is -0.395 e. The molecule has 0 aromatic rings. The number of alkyl halides is 6. The monoisotopic (exact) mass is 239 g/mol. The van der Waals surface area contributed by atoms with Crippen molar-refractivity contribution in [2.24, 2.45) is 0 Å². The molecule has 0 saturated carbocycles. The number of carbonyl (C=O) groups excluding carboxylic acids is 1. The smallest absolute Gasteiger partial charge is 0.395 e. The van der Waals surface area contributed by atoms with E-state index in [2.05, 4.69) is 0 Å². The number of rotatable bonds is 3. The number of amides is 1. The maximum Gasteiger partial charge on any atom is 0.471 e. The van der Waals surface area contributed by atoms with Crippen molar-refractivity contribution < 1.29 is 36.2 Å². The van der Waals surface area contributed by atoms with Gasteiger partial charge < -0.3 is 10.0 Å². The highest BCUT2D eigenvalue weighted by Crippen LogP contribution is 2.22. The summed E-state index contributed by atoms with van der Waals surface area (Å²) in [7, 11) is 0. The van der Waals surface area contributed by atoms with Crippen LogP contribution in [0.25, 0.3) is 0 Å². The van der Waals surface area contributed by atoms with Gasteiger partial charge in [0.1, 0.15) is 6.54 Å². The Bertz CT molecular complexity index is 223. The van der Waals surface area contributed by atoms with Crippen LogP contribution in [0, 0.1) is 0 Å². The number of halogens is 6. The average Bonchev–Trinajstić information content (AvgIpc) is 1.98. The van der Waals surface area contributed by atoms with E-state index in [0.717, 1.165) is 0 Å². The Morgan fingerprint density at radius 1 is 1.13 bits per heavy atom. The molecular formula is C6H7F6NO2. The lowest BCUT2D eigenvalue weighted by Gasteiger charge is -2.23. The molecule has 0 saturated heterocycles. The summed E-state index contributed by atoms with van der Waals surface area (Å²) < 4.78 is 70.5. The van der Waals surface area contributed by atoms with Crippen molar-refractivity contribution in [2.45, 2.75) is 12.4 Å². The molecule has 1 N–H and O–H groups in total. The van der Waals surface area contributed by atoms with Gasteiger partial charge in [0.2, 0.25) is 0 Å². The van der Waals surface area contributed by atoms with Crippen molar-refractivity contribution in [1.29, 1.82) is 0 Å². The van der Waals surface area contributed by atoms with Crippen LogP contribution in [-0.2, 0) is 4.79 Å². The zero-order chi connectivity index (χ0) is 12.3. The highest BCUT2D eigenvalue weighted by atomic mass is 19.4. The molecule has 15 heavy (non-hydrogen) atoms. The van der Waals surface area contributed by atoms with Gasteiger partial charge in [-0.3, -0.25) is 4.79 Å². The number of aliphatic hydroxyl groups excluding tert-OH is 1. The maximum absolute atomic E-state index is 11.8. The highest BCUT2D eigenvalue weighted by Gasteiger charge is 2.45. The molecule has 0 unspecified atom stereocenters. The van der Waals surface area contributed by atoms with E-state index in [0.29, 0.717) is 0 Å². The Morgan fingerprint density at radius 3 is 1.87 bits per heavy atom. The summed E-state index contributed by atoms with van der Waals surface area (Å²) in [5, 5.41) is 8.22. The molecule has 0 atom stereocenters. The molecule has 3 nitrogen and oxygen atoms in total. The maximum atomic E-state index is 11.8. The molecule has 0 aliphatic carbocycles. The molecule has 0 aliphatic rings. The van der Waals surface area contributed by atoms with Crippen molar-refractivity contribution in [1.82, 2.24) is 4.90 Å². The zero-order valence-corrected chi connectivity index (χ0v) is 7.19. The van der Waals surface area contributed by atoms with E-state index in [9.17, 15) is 31.1 Å². The Labute approximate surface area is 80.3 Å². The van der Waals surface area contributed by atoms with Crippen LogP contribution in [0.2, 0.25) is 0 Å². The number of hydrogen-bond donors (Lipinski definition) is 1. The molecule has 0 rings (SSSR count). The molecule has 9 heteroatoms. The van der Waals surface area contributed by atoms with Crippen LogP contribution in [-0.4, -0.2) is 48.0 Å². The van der Waals surface area contributed by atoms with Crippen LogP contribution in [0.3, 0.4) is 0 Å². The van der Waals surface area contributed by atoms with E-state index < -0.39 is 42.9 Å². The topological polar surface area (TPSA) is 40.5 Å². The third-order valence-corrected chi connectivity index (χ3v) is 1.27. The van der Waals surface area contributed by atoms with Crippen molar-refractivity contribution in [3.63, 3.8) is 0 Å². The van der Waals surface area contributed by atoms with Crippen molar-refractivity contribution in [2.75, 3.05) is 19.7 Å². The normalized spacial score (nSPS) is 12.7. The molecule has 0 aliphatic heterocycles. The van der Waals surface area contributed by atoms with Crippen LogP contribution in [0.5, 0.6) is 0 Å². The Kier molecular flexibility index (Phi) is 4.38. The van der Waals surface area contributed by atoms with Gasteiger partial charge in [-0.05, 0) is 0 Å². The van der Waals surface area contributed by atoms with Gasteiger partial charge in [-0.25, -0.2) is 0 Å². The van der Waals surface area contributed by atoms with Crippen molar-refractivity contribution in [3.8, 4) is 0 Å². The first-order chi connectivity index (χ1) is 6.58. The second kappa shape index (κ2) is 4.69. The van der Waals surface area contributed by atoms with Gasteiger partial charge in [-0.15, -0.1) is 0 Å². The van der Waals surface area contributed by atoms with Crippen LogP contribution in [0.1, 0.15) is 0 Å². The van der Waals surface area contributed by atoms with Gasteiger partial charge in [-0.2, -0.15) is 26.3 Å². The predicted octanol–water partition coefficient (Wildman–Crippen LogP) is 0.932. The molecule has 0 fully saturated rings. The van der Waals surface area contributed by atoms with Gasteiger partial charge in [-0.1, -0.05) is 0 Å². The third-order valence-electron chi connectivity index (χ3n) is 1.27. The average molecular weight is 239 g/mol. The largest absolute Gasteiger partial charge is 0.471 e. The van der Waals surface area contributed by atoms with E-state index >= 15 is 0 Å². The first-order valence-electron chi connectivity index (χ1n) is 3.61. The summed E-state index contributed by atoms with van der Waals surface area (Å²) in [6.07, 6.45) is -10.3. The SMILES string of the molecule is O=C(N(CCO)CC(F)(F)F)C(F)(F)F. The fraction of sp³-hybridized carbons (Fsp3) is 0.833. The molecule has 0 aromatic heterocycles. The van der Waals surface area contributed by atoms with Crippen LogP contribution < -0.4 is 0 Å². The number of carbonyl (C=O) groups is 1. The van der Waals surface area contributed by atoms with Crippen LogP contribution >= 0.6 is 0 Å². The molecule has 1 amide bonds. The van der Waals surface area contributed by atoms with Gasteiger partial charge in [0.25, 0.3) is 0 Å². The molecular weight excluding hydrogens is 232 g/mol. The van der Waals surface area contributed by atoms with Crippen LogP contribution in [0.4, 0.5) is 26.3 Å². The molecule has 90 valence electrons. The molecule has 0 bridgehead atoms. The van der Waals surface area contributed by atoms with E-state index in [-0.39, 0.29) is 0 Å². The second-order valence-electron chi connectivity index (χ2n) is 2.56. The number of aliphatic hydroxyl groups is 1. The first-order valence-corrected chi connectivity index (χ1v) is 3.61. The summed E-state index contributed by atoms with van der Waals surface area (Å²) in [6.45, 7) is -4.03. The van der Waals surface area contributed by atoms with E-state index in [4.69, 9.17) is 5.11 Å². The Morgan fingerprint density at radius 2 is 1.60 bits per heavy atom. The predicted molar refractivity (Wildman–Crippen MR) is 35.8 cm³/mol. The molecule has 0 radical (unpaired) electrons. The second-order valence-corrected chi connectivity index (χ2v) is 2.56. The lowest BCUT2D eigenvalue weighted by Crippen LogP contribution is -2.46. The fourth-order valence-electron chi connectivity index (χ4n) is 0.769. The standard InChI is InChI=1S/C6H7F6NO2/c7-5(8,9)3-13(1-2-14)4(15)6(10,11)12/h14H,1-3H2. The van der Waals surface area contributed by atoms with Crippen molar-refractivity contribution in [3.05, 3.63) is 0 Å². The summed E-state index contributed by atoms with van der Waals surface area (Å²) in [6, 6.07) is 0. The Hall–Kier alpha value is -0.990. The zero-order valence-electron chi connectivity index (χ0n) is 7.19. The van der Waals surface area contributed by atoms with Crippen LogP contribution in [0.15, 0.2) is 0 Å². The minimum atomic E-state index is -5.37. The van der Waals surface area contributed by atoms with E-state index in [1.807, 2.05) is 0 Å². The first kappa shape index (κ1) is 14.0. The van der Waals surface area contributed by atoms with Gasteiger partial charge >= 0.3 is 18.3 Å². The molecule has 0 heterocycles. The van der Waals surface area contributed by atoms with E-state index in [1.54, 1.807) is 0 Å². The molecule has 0 spiro atoms. The summed E-state index contributed by atoms with van der Waals surface area (Å²) >= 11 is 0. The quantitative estimate of drug-likeness (QED) is 0.744. The lowest BCUT2D eigenvalue weighted by molar-refractivity contribution is -0.198. The van der Waals surface area contributed by atoms with Gasteiger partial charge in [0, 0.05) is 6.54 Å². The Balaban J connectivity index is 4.60. The van der Waals surface area contributed by atoms with Gasteiger partial charge in [0.15, 0.2) is 0 Å². The van der Waals surface area contributed by atoms with Gasteiger partial charge in [0.05, 0.1) is 6.61 Å². The lowest BCUT2D eigenvalue weighted by atomic mass is 10.4. The summed E-state index contributed by atoms with van der Waals surface area (Å²) in [4.78, 5) is 9.92. The highest BCUT2D eigenvalue weighted by molar-refractivity contribution is 5.81. The number of nitrogens with zero attached hydrogens (tertiary/aromatic N) is 1. The van der Waals surface area contributed by atoms with Crippen molar-refractivity contribution >= 4 is 5.91 Å². The molecule has 0 aromatic carbocycles.